The second-order valence-corrected chi connectivity index (χ2v) is 7.60. The molecular formula is C17H28N2. The first-order valence-electron chi connectivity index (χ1n) is 7.29. The molecule has 0 amide bonds. The molecule has 1 fully saturated rings. The standard InChI is InChI=1S/C17H28N2/c1-16(2,3)14-10-19(11-14)15-8-6-13(7-9-15)17(4,5)12-18/h6-9,14H,10-12,18H2,1-5H3. The summed E-state index contributed by atoms with van der Waals surface area (Å²) in [5, 5.41) is 0. The van der Waals surface area contributed by atoms with Crippen LogP contribution in [0.25, 0.3) is 0 Å². The van der Waals surface area contributed by atoms with Gasteiger partial charge < -0.3 is 10.6 Å². The zero-order valence-corrected chi connectivity index (χ0v) is 13.0. The molecule has 2 nitrogen and oxygen atoms in total. The maximum Gasteiger partial charge on any atom is 0.0366 e. The van der Waals surface area contributed by atoms with Crippen LogP contribution in [0.1, 0.15) is 40.2 Å². The van der Waals surface area contributed by atoms with Gasteiger partial charge >= 0.3 is 0 Å². The molecule has 0 radical (unpaired) electrons. The van der Waals surface area contributed by atoms with Gasteiger partial charge in [-0.1, -0.05) is 46.8 Å². The second kappa shape index (κ2) is 4.82. The fourth-order valence-electron chi connectivity index (χ4n) is 2.48. The molecule has 106 valence electrons. The molecule has 0 bridgehead atoms. The summed E-state index contributed by atoms with van der Waals surface area (Å²) < 4.78 is 0. The number of benzene rings is 1. The van der Waals surface area contributed by atoms with Crippen LogP contribution >= 0.6 is 0 Å². The molecule has 19 heavy (non-hydrogen) atoms. The van der Waals surface area contributed by atoms with Crippen LogP contribution in [-0.4, -0.2) is 19.6 Å². The molecule has 2 N–H and O–H groups in total. The third-order valence-electron chi connectivity index (χ3n) is 4.63. The van der Waals surface area contributed by atoms with Gasteiger partial charge in [0.05, 0.1) is 0 Å². The second-order valence-electron chi connectivity index (χ2n) is 7.60. The molecule has 1 heterocycles. The monoisotopic (exact) mass is 260 g/mol. The van der Waals surface area contributed by atoms with Crippen LogP contribution < -0.4 is 10.6 Å². The Hall–Kier alpha value is -1.02. The average molecular weight is 260 g/mol. The summed E-state index contributed by atoms with van der Waals surface area (Å²) in [7, 11) is 0. The van der Waals surface area contributed by atoms with Gasteiger partial charge in [0.2, 0.25) is 0 Å². The van der Waals surface area contributed by atoms with Crippen molar-refractivity contribution < 1.29 is 0 Å². The van der Waals surface area contributed by atoms with Gasteiger partial charge in [-0.25, -0.2) is 0 Å². The zero-order valence-electron chi connectivity index (χ0n) is 13.0. The van der Waals surface area contributed by atoms with E-state index in [1.54, 1.807) is 0 Å². The van der Waals surface area contributed by atoms with E-state index >= 15 is 0 Å². The third-order valence-corrected chi connectivity index (χ3v) is 4.63. The molecule has 0 aliphatic carbocycles. The van der Waals surface area contributed by atoms with Crippen molar-refractivity contribution in [3.05, 3.63) is 29.8 Å². The maximum atomic E-state index is 5.83. The zero-order chi connectivity index (χ0) is 14.3. The van der Waals surface area contributed by atoms with Crippen LogP contribution in [-0.2, 0) is 5.41 Å². The first kappa shape index (κ1) is 14.4. The number of rotatable bonds is 3. The smallest absolute Gasteiger partial charge is 0.0366 e. The molecule has 0 spiro atoms. The predicted octanol–water partition coefficient (Wildman–Crippen LogP) is 3.41. The normalized spacial score (nSPS) is 17.5. The van der Waals surface area contributed by atoms with Crippen LogP contribution in [0, 0.1) is 11.3 Å². The summed E-state index contributed by atoms with van der Waals surface area (Å²) in [6.07, 6.45) is 0. The quantitative estimate of drug-likeness (QED) is 0.902. The molecule has 1 aromatic carbocycles. The SMILES string of the molecule is CC(C)(CN)c1ccc(N2CC(C(C)(C)C)C2)cc1. The van der Waals surface area contributed by atoms with Crippen LogP contribution in [0.4, 0.5) is 5.69 Å². The highest BCUT2D eigenvalue weighted by Gasteiger charge is 2.35. The summed E-state index contributed by atoms with van der Waals surface area (Å²) in [5.41, 5.74) is 9.00. The van der Waals surface area contributed by atoms with Crippen molar-refractivity contribution in [3.8, 4) is 0 Å². The van der Waals surface area contributed by atoms with Gasteiger partial charge in [-0.05, 0) is 29.0 Å². The number of hydrogen-bond acceptors (Lipinski definition) is 2. The minimum atomic E-state index is 0.0709. The Kier molecular flexibility index (Phi) is 3.65. The lowest BCUT2D eigenvalue weighted by molar-refractivity contribution is 0.195. The largest absolute Gasteiger partial charge is 0.371 e. The molecule has 1 aromatic rings. The van der Waals surface area contributed by atoms with E-state index in [-0.39, 0.29) is 5.41 Å². The van der Waals surface area contributed by atoms with Crippen molar-refractivity contribution in [1.82, 2.24) is 0 Å². The van der Waals surface area contributed by atoms with E-state index in [0.29, 0.717) is 12.0 Å². The summed E-state index contributed by atoms with van der Waals surface area (Å²) in [4.78, 5) is 2.47. The molecule has 1 aliphatic heterocycles. The lowest BCUT2D eigenvalue weighted by Gasteiger charge is -2.47. The molecule has 1 saturated heterocycles. The number of nitrogens with two attached hydrogens (primary N) is 1. The lowest BCUT2D eigenvalue weighted by Crippen LogP contribution is -2.52. The van der Waals surface area contributed by atoms with Gasteiger partial charge in [0, 0.05) is 30.7 Å². The van der Waals surface area contributed by atoms with E-state index in [9.17, 15) is 0 Å². The minimum Gasteiger partial charge on any atom is -0.371 e. The Morgan fingerprint density at radius 3 is 2.00 bits per heavy atom. The van der Waals surface area contributed by atoms with Crippen LogP contribution in [0.5, 0.6) is 0 Å². The molecule has 0 unspecified atom stereocenters. The van der Waals surface area contributed by atoms with E-state index in [2.05, 4.69) is 63.8 Å². The summed E-state index contributed by atoms with van der Waals surface area (Å²) in [6.45, 7) is 14.4. The van der Waals surface area contributed by atoms with E-state index in [0.717, 1.165) is 5.92 Å². The van der Waals surface area contributed by atoms with Gasteiger partial charge in [-0.3, -0.25) is 0 Å². The van der Waals surface area contributed by atoms with E-state index in [1.807, 2.05) is 0 Å². The molecule has 0 atom stereocenters. The molecular weight excluding hydrogens is 232 g/mol. The van der Waals surface area contributed by atoms with Gasteiger partial charge in [-0.2, -0.15) is 0 Å². The lowest BCUT2D eigenvalue weighted by atomic mass is 9.76. The third kappa shape index (κ3) is 2.94. The van der Waals surface area contributed by atoms with E-state index in [4.69, 9.17) is 5.73 Å². The van der Waals surface area contributed by atoms with Crippen LogP contribution in [0.3, 0.4) is 0 Å². The maximum absolute atomic E-state index is 5.83. The highest BCUT2D eigenvalue weighted by atomic mass is 15.2. The molecule has 1 aliphatic rings. The van der Waals surface area contributed by atoms with Crippen LogP contribution in [0.15, 0.2) is 24.3 Å². The molecule has 2 rings (SSSR count). The Labute approximate surface area is 118 Å². The van der Waals surface area contributed by atoms with Gasteiger partial charge in [0.15, 0.2) is 0 Å². The van der Waals surface area contributed by atoms with Crippen molar-refractivity contribution in [2.45, 2.75) is 40.0 Å². The van der Waals surface area contributed by atoms with Crippen molar-refractivity contribution in [1.29, 1.82) is 0 Å². The fourth-order valence-corrected chi connectivity index (χ4v) is 2.48. The van der Waals surface area contributed by atoms with Crippen molar-refractivity contribution in [2.75, 3.05) is 24.5 Å². The van der Waals surface area contributed by atoms with E-state index < -0.39 is 0 Å². The summed E-state index contributed by atoms with van der Waals surface area (Å²) in [5.74, 6) is 0.813. The number of anilines is 1. The molecule has 0 aromatic heterocycles. The number of hydrogen-bond donors (Lipinski definition) is 1. The van der Waals surface area contributed by atoms with Crippen LogP contribution in [0.2, 0.25) is 0 Å². The first-order chi connectivity index (χ1) is 8.74. The Balaban J connectivity index is 2.02. The minimum absolute atomic E-state index is 0.0709. The molecule has 2 heteroatoms. The van der Waals surface area contributed by atoms with Crippen molar-refractivity contribution in [3.63, 3.8) is 0 Å². The topological polar surface area (TPSA) is 29.3 Å². The average Bonchev–Trinajstić information content (AvgIpc) is 2.26. The summed E-state index contributed by atoms with van der Waals surface area (Å²) >= 11 is 0. The molecule has 0 saturated carbocycles. The summed E-state index contributed by atoms with van der Waals surface area (Å²) in [6, 6.07) is 8.94. The fraction of sp³-hybridized carbons (Fsp3) is 0.647. The Bertz CT molecular complexity index is 420. The Morgan fingerprint density at radius 2 is 1.58 bits per heavy atom. The highest BCUT2D eigenvalue weighted by Crippen LogP contribution is 2.36. The van der Waals surface area contributed by atoms with Gasteiger partial charge in [-0.15, -0.1) is 0 Å². The highest BCUT2D eigenvalue weighted by molar-refractivity contribution is 5.51. The Morgan fingerprint density at radius 1 is 1.05 bits per heavy atom. The van der Waals surface area contributed by atoms with E-state index in [1.165, 1.54) is 24.3 Å². The predicted molar refractivity (Wildman–Crippen MR) is 83.7 cm³/mol. The first-order valence-corrected chi connectivity index (χ1v) is 7.29. The number of nitrogens with zero attached hydrogens (tertiary/aromatic N) is 1. The van der Waals surface area contributed by atoms with Gasteiger partial charge in [0.1, 0.15) is 0 Å². The van der Waals surface area contributed by atoms with Crippen molar-refractivity contribution in [2.24, 2.45) is 17.1 Å². The van der Waals surface area contributed by atoms with Gasteiger partial charge in [0.25, 0.3) is 0 Å². The van der Waals surface area contributed by atoms with Crippen molar-refractivity contribution >= 4 is 5.69 Å².